The second kappa shape index (κ2) is 41.2. The average Bonchev–Trinajstić information content (AvgIpc) is 3.20. The Bertz CT molecular complexity index is 1240. The summed E-state index contributed by atoms with van der Waals surface area (Å²) in [6.45, 7) is 7.06. The van der Waals surface area contributed by atoms with Crippen molar-refractivity contribution in [2.75, 3.05) is 138 Å². The van der Waals surface area contributed by atoms with Crippen LogP contribution in [0.15, 0.2) is 0 Å². The summed E-state index contributed by atoms with van der Waals surface area (Å²) in [6.07, 6.45) is 3.75. The molecule has 0 aliphatic heterocycles. The number of carbonyl (C=O) groups is 8. The minimum absolute atomic E-state index is 0.0553. The van der Waals surface area contributed by atoms with Gasteiger partial charge in [-0.3, -0.25) is 38.4 Å². The fraction of sp³-hybridized carbons (Fsp3) is 0.769. The van der Waals surface area contributed by atoms with E-state index in [-0.39, 0.29) is 153 Å². The fourth-order valence-corrected chi connectivity index (χ4v) is 4.69. The molecule has 1 radical (unpaired) electrons. The normalized spacial score (nSPS) is 11.4. The summed E-state index contributed by atoms with van der Waals surface area (Å²) in [6, 6.07) is 0. The largest absolute Gasteiger partial charge is 0.377 e. The van der Waals surface area contributed by atoms with E-state index in [2.05, 4.69) is 26.6 Å². The summed E-state index contributed by atoms with van der Waals surface area (Å²) in [5.41, 5.74) is 5.28. The zero-order valence-corrected chi connectivity index (χ0v) is 35.9. The van der Waals surface area contributed by atoms with Gasteiger partial charge in [0.05, 0.1) is 79.3 Å². The van der Waals surface area contributed by atoms with Crippen LogP contribution in [0.5, 0.6) is 0 Å². The molecule has 0 spiro atoms. The molecule has 0 rings (SSSR count). The topological polar surface area (TPSA) is 297 Å². The van der Waals surface area contributed by atoms with Crippen molar-refractivity contribution in [2.24, 2.45) is 11.7 Å². The van der Waals surface area contributed by atoms with Crippen LogP contribution in [0, 0.1) is 12.3 Å². The first-order valence-electron chi connectivity index (χ1n) is 20.5. The smallest absolute Gasteiger partial charge is 0.246 e. The molecule has 0 aliphatic rings. The van der Waals surface area contributed by atoms with Crippen LogP contribution in [-0.4, -0.2) is 185 Å². The molecule has 61 heavy (non-hydrogen) atoms. The number of hydrogen-bond acceptors (Lipinski definition) is 16. The van der Waals surface area contributed by atoms with E-state index >= 15 is 0 Å². The van der Waals surface area contributed by atoms with Gasteiger partial charge in [-0.2, -0.15) is 0 Å². The first kappa shape index (κ1) is 56.8. The van der Waals surface area contributed by atoms with Gasteiger partial charge < -0.3 is 70.2 Å². The molecular weight excluding hydrogens is 808 g/mol. The van der Waals surface area contributed by atoms with Crippen molar-refractivity contribution in [2.45, 2.75) is 52.4 Å². The highest BCUT2D eigenvalue weighted by molar-refractivity contribution is 5.91. The Balaban J connectivity index is 3.49. The van der Waals surface area contributed by atoms with E-state index in [0.717, 1.165) is 0 Å². The highest BCUT2D eigenvalue weighted by atomic mass is 16.5. The average molecular weight is 878 g/mol. The van der Waals surface area contributed by atoms with Gasteiger partial charge in [0.15, 0.2) is 5.78 Å². The van der Waals surface area contributed by atoms with E-state index in [1.54, 1.807) is 0 Å². The van der Waals surface area contributed by atoms with Gasteiger partial charge in [0, 0.05) is 57.9 Å². The summed E-state index contributed by atoms with van der Waals surface area (Å²) in [7, 11) is 0. The maximum atomic E-state index is 12.0. The standard InChI is InChI=1S/C39H69N6O16/c1-31(46)26-33(39(40)53)6-3-4-9-41-36(50)28-59-23-21-57-17-13-45-38(52)30-61-25-20-55-15-11-43-35(49)8-5-7-34(48)42-10-14-54-19-24-60-29-37(51)44-12-16-56-18-22-58-27-32(2)47/h26,33H,3-25,27-30H2,1-2H3,(H2,40,53)(H,41,50)(H,42,48)(H,43,49)(H,44,51)(H,45,52)/t33-/m1/s1. The monoisotopic (exact) mass is 877 g/mol. The van der Waals surface area contributed by atoms with Crippen LogP contribution >= 0.6 is 0 Å². The van der Waals surface area contributed by atoms with Crippen molar-refractivity contribution in [3.8, 4) is 0 Å². The van der Waals surface area contributed by atoms with Gasteiger partial charge in [0.2, 0.25) is 35.4 Å². The number of nitrogens with one attached hydrogen (secondary N) is 5. The van der Waals surface area contributed by atoms with Gasteiger partial charge in [-0.05, 0) is 33.1 Å². The Labute approximate surface area is 358 Å². The van der Waals surface area contributed by atoms with Gasteiger partial charge in [-0.25, -0.2) is 0 Å². The minimum Gasteiger partial charge on any atom is -0.377 e. The third kappa shape index (κ3) is 42.3. The summed E-state index contributed by atoms with van der Waals surface area (Å²) < 4.78 is 42.2. The molecule has 0 saturated heterocycles. The molecule has 351 valence electrons. The number of hydrogen-bond donors (Lipinski definition) is 6. The highest BCUT2D eigenvalue weighted by Gasteiger charge is 2.17. The molecule has 0 aromatic carbocycles. The van der Waals surface area contributed by atoms with Crippen LogP contribution in [0.3, 0.4) is 0 Å². The van der Waals surface area contributed by atoms with Crippen molar-refractivity contribution >= 4 is 47.0 Å². The molecule has 7 N–H and O–H groups in total. The van der Waals surface area contributed by atoms with E-state index in [1.165, 1.54) is 20.3 Å². The lowest BCUT2D eigenvalue weighted by Gasteiger charge is -2.11. The SMILES string of the molecule is CC(=O)[CH][C@@H](CCCCNC(=O)COCCOCCNC(=O)COCCOCCNC(=O)CCCC(=O)NCCOCCOCC(=O)NCCOCCOCC(C)=O)C(N)=O. The Kier molecular flexibility index (Phi) is 38.4. The first-order valence-corrected chi connectivity index (χ1v) is 20.5. The molecule has 0 saturated carbocycles. The van der Waals surface area contributed by atoms with Gasteiger partial charge in [0.1, 0.15) is 32.2 Å². The van der Waals surface area contributed by atoms with Crippen LogP contribution in [0.1, 0.15) is 52.4 Å². The summed E-state index contributed by atoms with van der Waals surface area (Å²) in [5.74, 6) is -2.71. The van der Waals surface area contributed by atoms with E-state index in [1.807, 2.05) is 0 Å². The predicted octanol–water partition coefficient (Wildman–Crippen LogP) is -2.48. The fourth-order valence-electron chi connectivity index (χ4n) is 4.69. The highest BCUT2D eigenvalue weighted by Crippen LogP contribution is 2.11. The zero-order valence-electron chi connectivity index (χ0n) is 35.9. The number of amides is 6. The van der Waals surface area contributed by atoms with Crippen molar-refractivity contribution < 1.29 is 76.3 Å². The van der Waals surface area contributed by atoms with Crippen LogP contribution in [0.4, 0.5) is 0 Å². The Hall–Kier alpha value is -4.16. The molecule has 0 heterocycles. The number of rotatable bonds is 44. The number of ether oxygens (including phenoxy) is 8. The maximum absolute atomic E-state index is 12.0. The maximum Gasteiger partial charge on any atom is 0.246 e. The Morgan fingerprint density at radius 1 is 0.426 bits per heavy atom. The molecule has 6 amide bonds. The lowest BCUT2D eigenvalue weighted by molar-refractivity contribution is -0.127. The van der Waals surface area contributed by atoms with Gasteiger partial charge in [-0.15, -0.1) is 0 Å². The molecular formula is C39H69N6O16. The Morgan fingerprint density at radius 2 is 0.770 bits per heavy atom. The van der Waals surface area contributed by atoms with Crippen molar-refractivity contribution in [3.63, 3.8) is 0 Å². The van der Waals surface area contributed by atoms with E-state index in [0.29, 0.717) is 65.1 Å². The molecule has 1 atom stereocenters. The van der Waals surface area contributed by atoms with Crippen LogP contribution < -0.4 is 32.3 Å². The van der Waals surface area contributed by atoms with Crippen molar-refractivity contribution in [3.05, 3.63) is 6.42 Å². The summed E-state index contributed by atoms with van der Waals surface area (Å²) in [5, 5.41) is 13.4. The molecule has 0 bridgehead atoms. The Morgan fingerprint density at radius 3 is 1.13 bits per heavy atom. The van der Waals surface area contributed by atoms with E-state index < -0.39 is 11.8 Å². The molecule has 0 aromatic heterocycles. The second-order valence-electron chi connectivity index (χ2n) is 13.2. The van der Waals surface area contributed by atoms with Crippen LogP contribution in [0.2, 0.25) is 0 Å². The number of nitrogens with two attached hydrogens (primary N) is 1. The van der Waals surface area contributed by atoms with Gasteiger partial charge in [-0.1, -0.05) is 6.42 Å². The first-order chi connectivity index (χ1) is 29.4. The summed E-state index contributed by atoms with van der Waals surface area (Å²) >= 11 is 0. The number of primary amides is 1. The van der Waals surface area contributed by atoms with Gasteiger partial charge >= 0.3 is 0 Å². The number of unbranched alkanes of at least 4 members (excludes halogenated alkanes) is 1. The molecule has 0 aliphatic carbocycles. The zero-order chi connectivity index (χ0) is 45.2. The minimum atomic E-state index is -0.604. The van der Waals surface area contributed by atoms with Crippen LogP contribution in [-0.2, 0) is 76.3 Å². The van der Waals surface area contributed by atoms with E-state index in [9.17, 15) is 38.4 Å². The summed E-state index contributed by atoms with van der Waals surface area (Å²) in [4.78, 5) is 92.6. The molecule has 0 aromatic rings. The van der Waals surface area contributed by atoms with Crippen molar-refractivity contribution in [1.82, 2.24) is 26.6 Å². The molecule has 22 nitrogen and oxygen atoms in total. The predicted molar refractivity (Wildman–Crippen MR) is 218 cm³/mol. The molecule has 22 heteroatoms. The van der Waals surface area contributed by atoms with Gasteiger partial charge in [0.25, 0.3) is 0 Å². The van der Waals surface area contributed by atoms with Crippen molar-refractivity contribution in [1.29, 1.82) is 0 Å². The lowest BCUT2D eigenvalue weighted by atomic mass is 9.96. The third-order valence-corrected chi connectivity index (χ3v) is 7.64. The van der Waals surface area contributed by atoms with E-state index in [4.69, 9.17) is 43.6 Å². The number of Topliss-reactive ketones (excluding diaryl/α,β-unsaturated/α-hetero) is 2. The molecule has 0 unspecified atom stereocenters. The lowest BCUT2D eigenvalue weighted by Crippen LogP contribution is -2.32. The third-order valence-electron chi connectivity index (χ3n) is 7.64. The quantitative estimate of drug-likeness (QED) is 0.0346. The van der Waals surface area contributed by atoms with Crippen LogP contribution in [0.25, 0.3) is 0 Å². The number of ketones is 2. The number of carbonyl (C=O) groups excluding carboxylic acids is 8. The second-order valence-corrected chi connectivity index (χ2v) is 13.2. The molecule has 0 fully saturated rings.